The molecule has 0 aromatic heterocycles. The zero-order valence-corrected chi connectivity index (χ0v) is 11.2. The zero-order chi connectivity index (χ0) is 13.2. The number of carbonyl (C=O) groups is 1. The van der Waals surface area contributed by atoms with Crippen molar-refractivity contribution in [3.63, 3.8) is 0 Å². The molecule has 0 fully saturated rings. The van der Waals surface area contributed by atoms with Crippen molar-refractivity contribution in [2.45, 2.75) is 25.1 Å². The summed E-state index contributed by atoms with van der Waals surface area (Å²) in [6.45, 7) is 3.68. The summed E-state index contributed by atoms with van der Waals surface area (Å²) in [6, 6.07) is 3.25. The van der Waals surface area contributed by atoms with Crippen molar-refractivity contribution in [2.24, 2.45) is 5.73 Å². The smallest absolute Gasteiger partial charge is 0.272 e. The lowest BCUT2D eigenvalue weighted by atomic mass is 10.0. The van der Waals surface area contributed by atoms with Crippen LogP contribution in [0.1, 0.15) is 16.7 Å². The van der Waals surface area contributed by atoms with Gasteiger partial charge in [-0.3, -0.25) is 14.9 Å². The highest BCUT2D eigenvalue weighted by molar-refractivity contribution is 9.10. The maximum atomic E-state index is 10.9. The summed E-state index contributed by atoms with van der Waals surface area (Å²) in [5.74, 6) is -0.530. The number of benzene rings is 1. The summed E-state index contributed by atoms with van der Waals surface area (Å²) >= 11 is 3.11. The molecule has 1 rings (SSSR count). The van der Waals surface area contributed by atoms with Crippen molar-refractivity contribution in [1.82, 2.24) is 0 Å². The van der Waals surface area contributed by atoms with Gasteiger partial charge in [-0.25, -0.2) is 0 Å². The lowest BCUT2D eigenvalue weighted by Crippen LogP contribution is -2.25. The SMILES string of the molecule is Cc1cc(CC(Br)C(N)=O)c([N+](=O)[O-])cc1C. The third-order valence-corrected chi connectivity index (χ3v) is 3.37. The second-order valence-corrected chi connectivity index (χ2v) is 5.00. The Morgan fingerprint density at radius 3 is 2.47 bits per heavy atom. The Morgan fingerprint density at radius 2 is 2.00 bits per heavy atom. The van der Waals surface area contributed by atoms with Crippen molar-refractivity contribution in [2.75, 3.05) is 0 Å². The third kappa shape index (κ3) is 3.26. The molecule has 0 spiro atoms. The predicted octanol–water partition coefficient (Wildman–Crippen LogP) is 2.00. The molecule has 0 aliphatic heterocycles. The van der Waals surface area contributed by atoms with Crippen LogP contribution in [0.3, 0.4) is 0 Å². The number of primary amides is 1. The molecule has 17 heavy (non-hydrogen) atoms. The normalized spacial score (nSPS) is 12.2. The summed E-state index contributed by atoms with van der Waals surface area (Å²) in [5.41, 5.74) is 7.47. The number of carbonyl (C=O) groups excluding carboxylic acids is 1. The number of nitrogens with two attached hydrogens (primary N) is 1. The molecule has 0 saturated carbocycles. The molecule has 1 amide bonds. The minimum atomic E-state index is -0.594. The molecule has 2 N–H and O–H groups in total. The van der Waals surface area contributed by atoms with Crippen LogP contribution in [0.15, 0.2) is 12.1 Å². The van der Waals surface area contributed by atoms with Gasteiger partial charge in [0, 0.05) is 18.1 Å². The first-order valence-corrected chi connectivity index (χ1v) is 5.92. The molecule has 1 atom stereocenters. The number of hydrogen-bond donors (Lipinski definition) is 1. The van der Waals surface area contributed by atoms with E-state index in [1.54, 1.807) is 6.07 Å². The van der Waals surface area contributed by atoms with E-state index < -0.39 is 15.7 Å². The number of amides is 1. The minimum absolute atomic E-state index is 0.0267. The number of nitro benzene ring substituents is 1. The Bertz CT molecular complexity index is 474. The molecule has 1 aromatic carbocycles. The van der Waals surface area contributed by atoms with Crippen LogP contribution in [0, 0.1) is 24.0 Å². The summed E-state index contributed by atoms with van der Waals surface area (Å²) in [7, 11) is 0. The van der Waals surface area contributed by atoms with Gasteiger partial charge in [0.25, 0.3) is 5.69 Å². The quantitative estimate of drug-likeness (QED) is 0.524. The molecule has 6 heteroatoms. The van der Waals surface area contributed by atoms with Crippen LogP contribution in [0.4, 0.5) is 5.69 Å². The molecule has 5 nitrogen and oxygen atoms in total. The van der Waals surface area contributed by atoms with Gasteiger partial charge in [-0.05, 0) is 31.0 Å². The van der Waals surface area contributed by atoms with Gasteiger partial charge < -0.3 is 5.73 Å². The third-order valence-electron chi connectivity index (χ3n) is 2.60. The molecule has 1 unspecified atom stereocenters. The Morgan fingerprint density at radius 1 is 1.47 bits per heavy atom. The monoisotopic (exact) mass is 300 g/mol. The molecule has 1 aromatic rings. The molecular weight excluding hydrogens is 288 g/mol. The van der Waals surface area contributed by atoms with Crippen LogP contribution in [-0.4, -0.2) is 15.7 Å². The fraction of sp³-hybridized carbons (Fsp3) is 0.364. The van der Waals surface area contributed by atoms with E-state index in [2.05, 4.69) is 15.9 Å². The van der Waals surface area contributed by atoms with Crippen LogP contribution < -0.4 is 5.73 Å². The van der Waals surface area contributed by atoms with Crippen molar-refractivity contribution in [3.05, 3.63) is 38.9 Å². The molecule has 92 valence electrons. The van der Waals surface area contributed by atoms with Gasteiger partial charge in [0.1, 0.15) is 0 Å². The van der Waals surface area contributed by atoms with E-state index in [0.717, 1.165) is 11.1 Å². The van der Waals surface area contributed by atoms with Crippen LogP contribution in [-0.2, 0) is 11.2 Å². The Hall–Kier alpha value is -1.43. The van der Waals surface area contributed by atoms with Crippen molar-refractivity contribution in [1.29, 1.82) is 0 Å². The fourth-order valence-corrected chi connectivity index (χ4v) is 1.84. The molecular formula is C11H13BrN2O3. The summed E-state index contributed by atoms with van der Waals surface area (Å²) < 4.78 is 0. The summed E-state index contributed by atoms with van der Waals surface area (Å²) in [4.78, 5) is 20.8. The maximum absolute atomic E-state index is 10.9. The first-order valence-electron chi connectivity index (χ1n) is 5.00. The second-order valence-electron chi connectivity index (χ2n) is 3.90. The van der Waals surface area contributed by atoms with Gasteiger partial charge in [0.15, 0.2) is 0 Å². The first-order chi connectivity index (χ1) is 7.82. The Labute approximate surface area is 107 Å². The highest BCUT2D eigenvalue weighted by Crippen LogP contribution is 2.25. The number of hydrogen-bond acceptors (Lipinski definition) is 3. The van der Waals surface area contributed by atoms with E-state index >= 15 is 0 Å². The standard InChI is InChI=1S/C11H13BrN2O3/c1-6-3-8(5-9(12)11(13)15)10(14(16)17)4-7(6)2/h3-4,9H,5H2,1-2H3,(H2,13,15). The van der Waals surface area contributed by atoms with Gasteiger partial charge in [-0.2, -0.15) is 0 Å². The van der Waals surface area contributed by atoms with E-state index in [-0.39, 0.29) is 12.1 Å². The van der Waals surface area contributed by atoms with Gasteiger partial charge in [0.05, 0.1) is 9.75 Å². The highest BCUT2D eigenvalue weighted by atomic mass is 79.9. The van der Waals surface area contributed by atoms with Crippen LogP contribution in [0.2, 0.25) is 0 Å². The molecule has 0 radical (unpaired) electrons. The lowest BCUT2D eigenvalue weighted by Gasteiger charge is -2.09. The van der Waals surface area contributed by atoms with Crippen LogP contribution in [0.25, 0.3) is 0 Å². The van der Waals surface area contributed by atoms with Gasteiger partial charge >= 0.3 is 0 Å². The molecule has 0 heterocycles. The molecule has 0 saturated heterocycles. The lowest BCUT2D eigenvalue weighted by molar-refractivity contribution is -0.385. The van der Waals surface area contributed by atoms with E-state index in [0.29, 0.717) is 5.56 Å². The van der Waals surface area contributed by atoms with E-state index in [1.807, 2.05) is 13.8 Å². The Balaban J connectivity index is 3.17. The van der Waals surface area contributed by atoms with Gasteiger partial charge in [0.2, 0.25) is 5.91 Å². The number of alkyl halides is 1. The number of rotatable bonds is 4. The number of nitrogens with zero attached hydrogens (tertiary/aromatic N) is 1. The van der Waals surface area contributed by atoms with E-state index in [4.69, 9.17) is 5.73 Å². The second kappa shape index (κ2) is 5.27. The highest BCUT2D eigenvalue weighted by Gasteiger charge is 2.20. The summed E-state index contributed by atoms with van der Waals surface area (Å²) in [5, 5.41) is 10.9. The average Bonchev–Trinajstić information content (AvgIpc) is 2.22. The average molecular weight is 301 g/mol. The summed E-state index contributed by atoms with van der Waals surface area (Å²) in [6.07, 6.45) is 0.215. The van der Waals surface area contributed by atoms with Crippen molar-refractivity contribution in [3.8, 4) is 0 Å². The number of aryl methyl sites for hydroxylation is 2. The molecule has 0 bridgehead atoms. The zero-order valence-electron chi connectivity index (χ0n) is 9.57. The van der Waals surface area contributed by atoms with E-state index in [9.17, 15) is 14.9 Å². The van der Waals surface area contributed by atoms with Crippen molar-refractivity contribution < 1.29 is 9.72 Å². The van der Waals surface area contributed by atoms with E-state index in [1.165, 1.54) is 6.07 Å². The predicted molar refractivity (Wildman–Crippen MR) is 68.2 cm³/mol. The first kappa shape index (κ1) is 13.6. The topological polar surface area (TPSA) is 86.2 Å². The maximum Gasteiger partial charge on any atom is 0.272 e. The van der Waals surface area contributed by atoms with Gasteiger partial charge in [-0.15, -0.1) is 0 Å². The molecule has 0 aliphatic rings. The fourth-order valence-electron chi connectivity index (χ4n) is 1.49. The number of halogens is 1. The Kier molecular flexibility index (Phi) is 4.22. The van der Waals surface area contributed by atoms with Gasteiger partial charge in [-0.1, -0.05) is 15.9 Å². The van der Waals surface area contributed by atoms with Crippen molar-refractivity contribution >= 4 is 27.5 Å². The minimum Gasteiger partial charge on any atom is -0.369 e. The van der Waals surface area contributed by atoms with Crippen LogP contribution in [0.5, 0.6) is 0 Å². The number of nitro groups is 1. The van der Waals surface area contributed by atoms with Crippen LogP contribution >= 0.6 is 15.9 Å². The largest absolute Gasteiger partial charge is 0.369 e. The molecule has 0 aliphatic carbocycles.